The summed E-state index contributed by atoms with van der Waals surface area (Å²) in [5.41, 5.74) is 15.2. The van der Waals surface area contributed by atoms with Crippen molar-refractivity contribution >= 4 is 50.2 Å². The van der Waals surface area contributed by atoms with E-state index in [0.717, 1.165) is 11.1 Å². The zero-order chi connectivity index (χ0) is 20.5. The molecule has 9 heteroatoms. The number of amides is 1. The first kappa shape index (κ1) is 18.4. The molecule has 0 saturated carbocycles. The number of nitrogens with two attached hydrogens (primary N) is 2. The van der Waals surface area contributed by atoms with Crippen molar-refractivity contribution in [1.29, 1.82) is 0 Å². The summed E-state index contributed by atoms with van der Waals surface area (Å²) in [7, 11) is 0. The maximum atomic E-state index is 12.7. The smallest absolute Gasteiger partial charge is 0.269 e. The molecule has 0 saturated heterocycles. The third-order valence-corrected chi connectivity index (χ3v) is 5.53. The fourth-order valence-corrected chi connectivity index (χ4v) is 3.87. The van der Waals surface area contributed by atoms with Crippen LogP contribution in [0, 0.1) is 10.1 Å². The number of benzene rings is 2. The number of nitro benzene ring substituents is 1. The quantitative estimate of drug-likeness (QED) is 0.263. The normalized spacial score (nSPS) is 10.8. The largest absolute Gasteiger partial charge is 0.398 e. The number of pyridine rings is 1. The lowest BCUT2D eigenvalue weighted by molar-refractivity contribution is -0.384. The first-order valence-electron chi connectivity index (χ1n) is 8.53. The van der Waals surface area contributed by atoms with E-state index in [9.17, 15) is 14.9 Å². The van der Waals surface area contributed by atoms with Gasteiger partial charge in [-0.2, -0.15) is 0 Å². The number of carbonyl (C=O) groups is 1. The molecule has 0 aliphatic heterocycles. The molecule has 29 heavy (non-hydrogen) atoms. The fourth-order valence-electron chi connectivity index (χ4n) is 2.93. The maximum Gasteiger partial charge on any atom is 0.269 e. The minimum atomic E-state index is -0.502. The number of nitrogens with one attached hydrogen (secondary N) is 1. The van der Waals surface area contributed by atoms with Gasteiger partial charge >= 0.3 is 0 Å². The Morgan fingerprint density at radius 1 is 1.10 bits per heavy atom. The zero-order valence-electron chi connectivity index (χ0n) is 15.0. The molecule has 0 fully saturated rings. The van der Waals surface area contributed by atoms with Gasteiger partial charge in [0.25, 0.3) is 11.6 Å². The van der Waals surface area contributed by atoms with Gasteiger partial charge in [-0.05, 0) is 24.3 Å². The average molecular weight is 405 g/mol. The van der Waals surface area contributed by atoms with E-state index in [1.54, 1.807) is 12.3 Å². The molecule has 0 bridgehead atoms. The molecule has 5 N–H and O–H groups in total. The summed E-state index contributed by atoms with van der Waals surface area (Å²) in [6.07, 6.45) is 1.70. The van der Waals surface area contributed by atoms with E-state index in [1.807, 2.05) is 24.3 Å². The van der Waals surface area contributed by atoms with Crippen LogP contribution in [0.4, 0.5) is 22.7 Å². The molecule has 2 aromatic heterocycles. The number of anilines is 3. The lowest BCUT2D eigenvalue weighted by Gasteiger charge is -2.05. The molecular formula is C20H15N5O3S. The van der Waals surface area contributed by atoms with Crippen LogP contribution in [0.2, 0.25) is 0 Å². The first-order valence-corrected chi connectivity index (χ1v) is 9.34. The van der Waals surface area contributed by atoms with Crippen LogP contribution in [0.15, 0.2) is 60.8 Å². The van der Waals surface area contributed by atoms with Crippen LogP contribution < -0.4 is 16.8 Å². The monoisotopic (exact) mass is 405 g/mol. The van der Waals surface area contributed by atoms with Gasteiger partial charge < -0.3 is 16.8 Å². The highest BCUT2D eigenvalue weighted by atomic mass is 32.1. The van der Waals surface area contributed by atoms with Gasteiger partial charge in [0.1, 0.15) is 9.71 Å². The number of fused-ring (bicyclic) bond motifs is 1. The van der Waals surface area contributed by atoms with Crippen molar-refractivity contribution in [3.63, 3.8) is 0 Å². The molecule has 0 radical (unpaired) electrons. The van der Waals surface area contributed by atoms with Crippen LogP contribution in [0.5, 0.6) is 0 Å². The van der Waals surface area contributed by atoms with Gasteiger partial charge in [0.2, 0.25) is 0 Å². The number of carbonyl (C=O) groups excluding carboxylic acids is 1. The summed E-state index contributed by atoms with van der Waals surface area (Å²) in [6, 6.07) is 14.9. The molecule has 0 aliphatic rings. The number of aromatic nitrogens is 1. The van der Waals surface area contributed by atoms with E-state index < -0.39 is 10.8 Å². The third kappa shape index (κ3) is 3.46. The van der Waals surface area contributed by atoms with Crippen LogP contribution in [0.3, 0.4) is 0 Å². The predicted octanol–water partition coefficient (Wildman–Crippen LogP) is 4.29. The van der Waals surface area contributed by atoms with Crippen molar-refractivity contribution in [1.82, 2.24) is 4.98 Å². The lowest BCUT2D eigenvalue weighted by atomic mass is 10.0. The molecule has 1 amide bonds. The first-order chi connectivity index (χ1) is 13.9. The van der Waals surface area contributed by atoms with Crippen molar-refractivity contribution in [3.05, 3.63) is 75.8 Å². The van der Waals surface area contributed by atoms with E-state index in [0.29, 0.717) is 32.2 Å². The number of rotatable bonds is 4. The van der Waals surface area contributed by atoms with Crippen molar-refractivity contribution in [3.8, 4) is 11.1 Å². The summed E-state index contributed by atoms with van der Waals surface area (Å²) >= 11 is 1.18. The number of hydrogen-bond donors (Lipinski definition) is 3. The second-order valence-electron chi connectivity index (χ2n) is 6.27. The lowest BCUT2D eigenvalue weighted by Crippen LogP contribution is -2.11. The Labute approximate surface area is 168 Å². The summed E-state index contributed by atoms with van der Waals surface area (Å²) in [4.78, 5) is 28.3. The number of non-ortho nitro benzene ring substituents is 1. The van der Waals surface area contributed by atoms with Crippen molar-refractivity contribution < 1.29 is 9.72 Å². The summed E-state index contributed by atoms with van der Waals surface area (Å²) in [5.74, 6) is -0.403. The van der Waals surface area contributed by atoms with Gasteiger partial charge in [-0.15, -0.1) is 11.3 Å². The molecular weight excluding hydrogens is 390 g/mol. The maximum absolute atomic E-state index is 12.7. The van der Waals surface area contributed by atoms with Gasteiger partial charge in [-0.1, -0.05) is 18.2 Å². The second kappa shape index (κ2) is 7.21. The molecule has 0 atom stereocenters. The summed E-state index contributed by atoms with van der Waals surface area (Å²) < 4.78 is 0. The molecule has 8 nitrogen and oxygen atoms in total. The van der Waals surface area contributed by atoms with Crippen LogP contribution >= 0.6 is 11.3 Å². The van der Waals surface area contributed by atoms with Crippen molar-refractivity contribution in [2.24, 2.45) is 0 Å². The number of nitro groups is 1. The van der Waals surface area contributed by atoms with E-state index in [1.165, 1.54) is 35.6 Å². The molecule has 4 rings (SSSR count). The van der Waals surface area contributed by atoms with Crippen molar-refractivity contribution in [2.45, 2.75) is 0 Å². The van der Waals surface area contributed by atoms with Gasteiger partial charge in [0.05, 0.1) is 10.6 Å². The topological polar surface area (TPSA) is 137 Å². The molecule has 2 aromatic carbocycles. The van der Waals surface area contributed by atoms with E-state index >= 15 is 0 Å². The number of nitrogens with zero attached hydrogens (tertiary/aromatic N) is 2. The van der Waals surface area contributed by atoms with Crippen molar-refractivity contribution in [2.75, 3.05) is 16.8 Å². The number of thiophene rings is 1. The second-order valence-corrected chi connectivity index (χ2v) is 7.27. The Hall–Kier alpha value is -3.98. The average Bonchev–Trinajstić information content (AvgIpc) is 3.05. The minimum Gasteiger partial charge on any atom is -0.398 e. The Morgan fingerprint density at radius 2 is 1.83 bits per heavy atom. The highest BCUT2D eigenvalue weighted by Gasteiger charge is 2.18. The van der Waals surface area contributed by atoms with E-state index in [-0.39, 0.29) is 5.69 Å². The SMILES string of the molecule is Nc1ccccc1-c1cnc2sc(C(=O)Nc3ccc([N+](=O)[O-])cc3)c(N)c2c1. The van der Waals surface area contributed by atoms with E-state index in [2.05, 4.69) is 10.3 Å². The minimum absolute atomic E-state index is 0.0544. The highest BCUT2D eigenvalue weighted by molar-refractivity contribution is 7.21. The number of hydrogen-bond acceptors (Lipinski definition) is 7. The summed E-state index contributed by atoms with van der Waals surface area (Å²) in [5, 5.41) is 14.1. The van der Waals surface area contributed by atoms with E-state index in [4.69, 9.17) is 11.5 Å². The molecule has 2 heterocycles. The Kier molecular flexibility index (Phi) is 4.57. The molecule has 144 valence electrons. The van der Waals surface area contributed by atoms with Gasteiger partial charge in [-0.3, -0.25) is 14.9 Å². The number of para-hydroxylation sites is 1. The van der Waals surface area contributed by atoms with Gasteiger partial charge in [-0.25, -0.2) is 4.98 Å². The molecule has 0 spiro atoms. The fraction of sp³-hybridized carbons (Fsp3) is 0. The third-order valence-electron chi connectivity index (χ3n) is 4.40. The van der Waals surface area contributed by atoms with Crippen LogP contribution in [0.25, 0.3) is 21.3 Å². The number of nitrogen functional groups attached to an aromatic ring is 2. The molecule has 0 unspecified atom stereocenters. The highest BCUT2D eigenvalue weighted by Crippen LogP contribution is 2.36. The Morgan fingerprint density at radius 3 is 2.52 bits per heavy atom. The Balaban J connectivity index is 1.65. The summed E-state index contributed by atoms with van der Waals surface area (Å²) in [6.45, 7) is 0. The zero-order valence-corrected chi connectivity index (χ0v) is 15.8. The predicted molar refractivity (Wildman–Crippen MR) is 115 cm³/mol. The van der Waals surface area contributed by atoms with Crippen LogP contribution in [0.1, 0.15) is 9.67 Å². The molecule has 0 aliphatic carbocycles. The Bertz CT molecular complexity index is 1250. The standard InChI is InChI=1S/C20H15N5O3S/c21-16-4-2-1-3-14(16)11-9-15-17(22)18(29-20(15)23-10-11)19(26)24-12-5-7-13(8-6-12)25(27)28/h1-10H,21-22H2,(H,24,26). The molecule has 4 aromatic rings. The van der Waals surface area contributed by atoms with Gasteiger partial charge in [0, 0.05) is 46.2 Å². The van der Waals surface area contributed by atoms with Crippen LogP contribution in [-0.2, 0) is 0 Å². The van der Waals surface area contributed by atoms with Gasteiger partial charge in [0.15, 0.2) is 0 Å². The van der Waals surface area contributed by atoms with Crippen LogP contribution in [-0.4, -0.2) is 15.8 Å².